The van der Waals surface area contributed by atoms with Crippen molar-refractivity contribution in [2.24, 2.45) is 0 Å². The first-order valence-corrected chi connectivity index (χ1v) is 6.41. The molecule has 0 saturated heterocycles. The minimum absolute atomic E-state index is 1.14. The molecule has 0 aromatic heterocycles. The van der Waals surface area contributed by atoms with E-state index in [2.05, 4.69) is 64.2 Å². The molecule has 2 aromatic rings. The second kappa shape index (κ2) is 4.85. The van der Waals surface area contributed by atoms with Crippen molar-refractivity contribution in [3.8, 4) is 0 Å². The van der Waals surface area contributed by atoms with Crippen molar-refractivity contribution in [3.05, 3.63) is 58.1 Å². The van der Waals surface area contributed by atoms with Gasteiger partial charge in [0.05, 0.1) is 0 Å². The lowest BCUT2D eigenvalue weighted by molar-refractivity contribution is 1.17. The van der Waals surface area contributed by atoms with Crippen LogP contribution in [-0.4, -0.2) is 0 Å². The highest BCUT2D eigenvalue weighted by atomic mass is 14.9. The van der Waals surface area contributed by atoms with Gasteiger partial charge in [-0.3, -0.25) is 0 Å². The maximum absolute atomic E-state index is 3.55. The van der Waals surface area contributed by atoms with Gasteiger partial charge in [0.2, 0.25) is 0 Å². The van der Waals surface area contributed by atoms with Gasteiger partial charge in [-0.2, -0.15) is 0 Å². The zero-order valence-electron chi connectivity index (χ0n) is 11.9. The van der Waals surface area contributed by atoms with E-state index >= 15 is 0 Å². The summed E-state index contributed by atoms with van der Waals surface area (Å²) in [5, 5.41) is 3.55. The summed E-state index contributed by atoms with van der Waals surface area (Å²) in [5.41, 5.74) is 9.27. The second-order valence-corrected chi connectivity index (χ2v) is 4.99. The first-order chi connectivity index (χ1) is 8.52. The quantitative estimate of drug-likeness (QED) is 0.780. The SMILES string of the molecule is Cc1c(C)c(C)c(Nc2ccccc2)c(C)c1C. The highest BCUT2D eigenvalue weighted by Crippen LogP contribution is 2.32. The number of hydrogen-bond acceptors (Lipinski definition) is 1. The molecule has 0 radical (unpaired) electrons. The predicted molar refractivity (Wildman–Crippen MR) is 79.9 cm³/mol. The van der Waals surface area contributed by atoms with Gasteiger partial charge in [-0.25, -0.2) is 0 Å². The molecular weight excluding hydrogens is 218 g/mol. The summed E-state index contributed by atoms with van der Waals surface area (Å²) in [6, 6.07) is 10.4. The largest absolute Gasteiger partial charge is 0.355 e. The highest BCUT2D eigenvalue weighted by molar-refractivity contribution is 5.70. The van der Waals surface area contributed by atoms with Crippen LogP contribution < -0.4 is 5.32 Å². The molecular formula is C17H21N. The Morgan fingerprint density at radius 2 is 1.06 bits per heavy atom. The molecule has 0 aliphatic heterocycles. The Hall–Kier alpha value is -1.76. The maximum Gasteiger partial charge on any atom is 0.0449 e. The van der Waals surface area contributed by atoms with Gasteiger partial charge < -0.3 is 5.32 Å². The third-order valence-electron chi connectivity index (χ3n) is 4.04. The van der Waals surface area contributed by atoms with Gasteiger partial charge in [0.1, 0.15) is 0 Å². The minimum atomic E-state index is 1.14. The van der Waals surface area contributed by atoms with Crippen LogP contribution in [0.25, 0.3) is 0 Å². The van der Waals surface area contributed by atoms with Crippen molar-refractivity contribution >= 4 is 11.4 Å². The summed E-state index contributed by atoms with van der Waals surface area (Å²) < 4.78 is 0. The number of nitrogens with one attached hydrogen (secondary N) is 1. The summed E-state index contributed by atoms with van der Waals surface area (Å²) >= 11 is 0. The standard InChI is InChI=1S/C17H21N/c1-11-12(2)14(4)17(15(5)13(11)3)18-16-9-7-6-8-10-16/h6-10,18H,1-5H3. The Bertz CT molecular complexity index is 539. The normalized spacial score (nSPS) is 10.5. The topological polar surface area (TPSA) is 12.0 Å². The van der Waals surface area contributed by atoms with Gasteiger partial charge in [0, 0.05) is 11.4 Å². The molecule has 1 N–H and O–H groups in total. The van der Waals surface area contributed by atoms with Crippen LogP contribution in [0.1, 0.15) is 27.8 Å². The molecule has 0 unspecified atom stereocenters. The number of hydrogen-bond donors (Lipinski definition) is 1. The summed E-state index contributed by atoms with van der Waals surface area (Å²) in [4.78, 5) is 0. The van der Waals surface area contributed by atoms with Crippen molar-refractivity contribution in [2.75, 3.05) is 5.32 Å². The van der Waals surface area contributed by atoms with Crippen LogP contribution in [-0.2, 0) is 0 Å². The first kappa shape index (κ1) is 12.7. The van der Waals surface area contributed by atoms with E-state index < -0.39 is 0 Å². The first-order valence-electron chi connectivity index (χ1n) is 6.41. The van der Waals surface area contributed by atoms with Crippen molar-refractivity contribution in [1.29, 1.82) is 0 Å². The molecule has 0 aliphatic carbocycles. The number of benzene rings is 2. The zero-order valence-corrected chi connectivity index (χ0v) is 11.9. The molecule has 0 atom stereocenters. The summed E-state index contributed by atoms with van der Waals surface area (Å²) in [6.07, 6.45) is 0. The number of rotatable bonds is 2. The monoisotopic (exact) mass is 239 g/mol. The highest BCUT2D eigenvalue weighted by Gasteiger charge is 2.11. The number of para-hydroxylation sites is 1. The average Bonchev–Trinajstić information content (AvgIpc) is 2.40. The molecule has 1 nitrogen and oxygen atoms in total. The number of anilines is 2. The van der Waals surface area contributed by atoms with Crippen LogP contribution in [0.2, 0.25) is 0 Å². The fourth-order valence-corrected chi connectivity index (χ4v) is 2.35. The summed E-state index contributed by atoms with van der Waals surface area (Å²) in [6.45, 7) is 11.0. The molecule has 94 valence electrons. The van der Waals surface area contributed by atoms with E-state index in [0.717, 1.165) is 5.69 Å². The average molecular weight is 239 g/mol. The lowest BCUT2D eigenvalue weighted by Gasteiger charge is -2.20. The maximum atomic E-state index is 3.55. The molecule has 2 rings (SSSR count). The van der Waals surface area contributed by atoms with Crippen LogP contribution in [0.15, 0.2) is 30.3 Å². The molecule has 0 saturated carbocycles. The molecule has 0 fully saturated rings. The van der Waals surface area contributed by atoms with Crippen molar-refractivity contribution in [2.45, 2.75) is 34.6 Å². The van der Waals surface area contributed by atoms with Crippen LogP contribution in [0.3, 0.4) is 0 Å². The van der Waals surface area contributed by atoms with Crippen molar-refractivity contribution in [1.82, 2.24) is 0 Å². The lowest BCUT2D eigenvalue weighted by Crippen LogP contribution is -2.02. The lowest BCUT2D eigenvalue weighted by atomic mass is 9.93. The van der Waals surface area contributed by atoms with Crippen molar-refractivity contribution in [3.63, 3.8) is 0 Å². The fourth-order valence-electron chi connectivity index (χ4n) is 2.35. The Morgan fingerprint density at radius 3 is 1.56 bits per heavy atom. The van der Waals surface area contributed by atoms with Gasteiger partial charge in [0.25, 0.3) is 0 Å². The minimum Gasteiger partial charge on any atom is -0.355 e. The molecule has 0 amide bonds. The Kier molecular flexibility index (Phi) is 3.42. The third kappa shape index (κ3) is 2.13. The molecule has 0 bridgehead atoms. The predicted octanol–water partition coefficient (Wildman–Crippen LogP) is 4.97. The summed E-state index contributed by atoms with van der Waals surface area (Å²) in [5.74, 6) is 0. The molecule has 2 aromatic carbocycles. The Morgan fingerprint density at radius 1 is 0.611 bits per heavy atom. The smallest absolute Gasteiger partial charge is 0.0449 e. The fraction of sp³-hybridized carbons (Fsp3) is 0.294. The van der Waals surface area contributed by atoms with E-state index in [1.54, 1.807) is 0 Å². The van der Waals surface area contributed by atoms with E-state index in [1.165, 1.54) is 33.5 Å². The van der Waals surface area contributed by atoms with E-state index in [9.17, 15) is 0 Å². The molecule has 0 spiro atoms. The molecule has 0 heterocycles. The Labute approximate surface area is 110 Å². The van der Waals surface area contributed by atoms with E-state index in [4.69, 9.17) is 0 Å². The van der Waals surface area contributed by atoms with Gasteiger partial charge in [0.15, 0.2) is 0 Å². The second-order valence-electron chi connectivity index (χ2n) is 4.99. The van der Waals surface area contributed by atoms with Gasteiger partial charge in [-0.1, -0.05) is 18.2 Å². The van der Waals surface area contributed by atoms with Crippen LogP contribution >= 0.6 is 0 Å². The molecule has 0 aliphatic rings. The Balaban J connectivity index is 2.52. The van der Waals surface area contributed by atoms with Gasteiger partial charge in [-0.05, 0) is 74.6 Å². The van der Waals surface area contributed by atoms with Gasteiger partial charge >= 0.3 is 0 Å². The molecule has 18 heavy (non-hydrogen) atoms. The van der Waals surface area contributed by atoms with Crippen LogP contribution in [0.4, 0.5) is 11.4 Å². The van der Waals surface area contributed by atoms with Crippen molar-refractivity contribution < 1.29 is 0 Å². The van der Waals surface area contributed by atoms with E-state index in [1.807, 2.05) is 6.07 Å². The van der Waals surface area contributed by atoms with Gasteiger partial charge in [-0.15, -0.1) is 0 Å². The molecule has 1 heteroatoms. The zero-order chi connectivity index (χ0) is 13.3. The van der Waals surface area contributed by atoms with E-state index in [0.29, 0.717) is 0 Å². The summed E-state index contributed by atoms with van der Waals surface area (Å²) in [7, 11) is 0. The van der Waals surface area contributed by atoms with E-state index in [-0.39, 0.29) is 0 Å². The third-order valence-corrected chi connectivity index (χ3v) is 4.04. The van der Waals surface area contributed by atoms with Crippen LogP contribution in [0, 0.1) is 34.6 Å². The van der Waals surface area contributed by atoms with Crippen LogP contribution in [0.5, 0.6) is 0 Å².